The molecule has 4 heteroatoms. The van der Waals surface area contributed by atoms with Crippen molar-refractivity contribution in [2.24, 2.45) is 0 Å². The largest absolute Gasteiger partial charge is 0.454 e. The highest BCUT2D eigenvalue weighted by atomic mass is 16.7. The molecular weight excluding hydrogens is 266 g/mol. The monoisotopic (exact) mass is 288 g/mol. The number of aliphatic hydroxyl groups is 1. The molecule has 1 aliphatic heterocycles. The normalized spacial score (nSPS) is 18.1. The molecule has 4 nitrogen and oxygen atoms in total. The second-order valence-electron chi connectivity index (χ2n) is 5.34. The van der Waals surface area contributed by atoms with E-state index in [0.29, 0.717) is 25.0 Å². The van der Waals surface area contributed by atoms with Gasteiger partial charge in [-0.15, -0.1) is 0 Å². The standard InChI is InChI=1S/C17H21NO3/c1-2-3-8-17(19,18-9-4-5-10-18)12-14-6-7-15-16(11-14)21-13-20-15/h4-7,9-11,19H,2-3,8,12-13H2,1H3/i3D. The first-order chi connectivity index (χ1) is 10.6. The summed E-state index contributed by atoms with van der Waals surface area (Å²) in [6.45, 7) is 2.21. The van der Waals surface area contributed by atoms with Crippen LogP contribution in [0.4, 0.5) is 0 Å². The van der Waals surface area contributed by atoms with Crippen molar-refractivity contribution in [3.63, 3.8) is 0 Å². The van der Waals surface area contributed by atoms with Crippen molar-refractivity contribution < 1.29 is 16.0 Å². The molecule has 0 amide bonds. The van der Waals surface area contributed by atoms with Crippen molar-refractivity contribution in [3.05, 3.63) is 48.3 Å². The van der Waals surface area contributed by atoms with Crippen molar-refractivity contribution >= 4 is 0 Å². The molecule has 0 spiro atoms. The van der Waals surface area contributed by atoms with Gasteiger partial charge in [0.1, 0.15) is 5.72 Å². The highest BCUT2D eigenvalue weighted by molar-refractivity contribution is 5.44. The third-order valence-electron chi connectivity index (χ3n) is 3.77. The predicted octanol–water partition coefficient (Wildman–Crippen LogP) is 3.29. The molecule has 0 saturated heterocycles. The van der Waals surface area contributed by atoms with E-state index in [2.05, 4.69) is 0 Å². The number of nitrogens with zero attached hydrogens (tertiary/aromatic N) is 1. The van der Waals surface area contributed by atoms with Crippen LogP contribution in [-0.4, -0.2) is 16.5 Å². The molecular formula is C17H21NO3. The van der Waals surface area contributed by atoms with Gasteiger partial charge in [-0.1, -0.05) is 19.4 Å². The molecule has 2 unspecified atom stereocenters. The maximum Gasteiger partial charge on any atom is 0.231 e. The number of hydrogen-bond donors (Lipinski definition) is 1. The first kappa shape index (κ1) is 12.8. The van der Waals surface area contributed by atoms with Gasteiger partial charge in [-0.2, -0.15) is 0 Å². The summed E-state index contributed by atoms with van der Waals surface area (Å²) in [5, 5.41) is 11.1. The van der Waals surface area contributed by atoms with Crippen LogP contribution in [0.15, 0.2) is 42.7 Å². The Morgan fingerprint density at radius 1 is 1.29 bits per heavy atom. The average Bonchev–Trinajstić information content (AvgIpc) is 3.18. The molecule has 3 rings (SSSR count). The van der Waals surface area contributed by atoms with Crippen molar-refractivity contribution in [2.75, 3.05) is 6.79 Å². The third-order valence-corrected chi connectivity index (χ3v) is 3.77. The number of hydrogen-bond acceptors (Lipinski definition) is 3. The molecule has 2 heterocycles. The fourth-order valence-corrected chi connectivity index (χ4v) is 2.63. The minimum absolute atomic E-state index is 0.241. The molecule has 0 bridgehead atoms. The number of fused-ring (bicyclic) bond motifs is 1. The third kappa shape index (κ3) is 2.90. The Balaban J connectivity index is 1.86. The first-order valence-electron chi connectivity index (χ1n) is 7.85. The highest BCUT2D eigenvalue weighted by Gasteiger charge is 2.28. The molecule has 1 aromatic carbocycles. The van der Waals surface area contributed by atoms with E-state index in [1.165, 1.54) is 0 Å². The quantitative estimate of drug-likeness (QED) is 0.887. The van der Waals surface area contributed by atoms with Crippen LogP contribution in [0.1, 0.15) is 33.1 Å². The van der Waals surface area contributed by atoms with Crippen LogP contribution in [0.3, 0.4) is 0 Å². The first-order valence-corrected chi connectivity index (χ1v) is 7.27. The van der Waals surface area contributed by atoms with E-state index in [-0.39, 0.29) is 13.2 Å². The van der Waals surface area contributed by atoms with Crippen LogP contribution in [0, 0.1) is 0 Å². The zero-order valence-corrected chi connectivity index (χ0v) is 12.2. The van der Waals surface area contributed by atoms with E-state index < -0.39 is 5.72 Å². The summed E-state index contributed by atoms with van der Waals surface area (Å²) in [6, 6.07) is 9.48. The maximum absolute atomic E-state index is 11.1. The summed E-state index contributed by atoms with van der Waals surface area (Å²) in [7, 11) is 0. The number of benzene rings is 1. The van der Waals surface area contributed by atoms with Crippen LogP contribution in [0.25, 0.3) is 0 Å². The SMILES string of the molecule is [2H]C(CC)CC(O)(Cc1ccc2c(c1)OCO2)n1cccc1. The number of ether oxygens (including phenoxy) is 2. The van der Waals surface area contributed by atoms with E-state index in [1.807, 2.05) is 49.6 Å². The smallest absolute Gasteiger partial charge is 0.231 e. The molecule has 1 aromatic heterocycles. The van der Waals surface area contributed by atoms with E-state index in [4.69, 9.17) is 10.8 Å². The molecule has 0 saturated carbocycles. The van der Waals surface area contributed by atoms with Crippen molar-refractivity contribution in [2.45, 2.75) is 38.3 Å². The van der Waals surface area contributed by atoms with Crippen molar-refractivity contribution in [1.82, 2.24) is 4.57 Å². The Bertz CT molecular complexity index is 629. The van der Waals surface area contributed by atoms with Crippen LogP contribution < -0.4 is 9.47 Å². The van der Waals surface area contributed by atoms with Crippen LogP contribution in [0.2, 0.25) is 0 Å². The fraction of sp³-hybridized carbons (Fsp3) is 0.412. The molecule has 1 N–H and O–H groups in total. The molecule has 2 aromatic rings. The van der Waals surface area contributed by atoms with Gasteiger partial charge in [0, 0.05) is 20.2 Å². The highest BCUT2D eigenvalue weighted by Crippen LogP contribution is 2.35. The van der Waals surface area contributed by atoms with Crippen LogP contribution in [0.5, 0.6) is 11.5 Å². The zero-order chi connectivity index (χ0) is 15.6. The van der Waals surface area contributed by atoms with Crippen LogP contribution in [-0.2, 0) is 12.1 Å². The molecule has 1 aliphatic rings. The Hall–Kier alpha value is -1.94. The van der Waals surface area contributed by atoms with E-state index in [9.17, 15) is 5.11 Å². The summed E-state index contributed by atoms with van der Waals surface area (Å²) in [5.41, 5.74) is -0.150. The lowest BCUT2D eigenvalue weighted by atomic mass is 9.96. The molecule has 2 atom stereocenters. The van der Waals surface area contributed by atoms with Crippen LogP contribution >= 0.6 is 0 Å². The van der Waals surface area contributed by atoms with Gasteiger partial charge in [0.2, 0.25) is 6.79 Å². The van der Waals surface area contributed by atoms with Gasteiger partial charge >= 0.3 is 0 Å². The summed E-state index contributed by atoms with van der Waals surface area (Å²) in [6.07, 6.45) is 4.90. The van der Waals surface area contributed by atoms with Gasteiger partial charge in [-0.05, 0) is 42.6 Å². The fourth-order valence-electron chi connectivity index (χ4n) is 2.63. The minimum atomic E-state index is -1.11. The topological polar surface area (TPSA) is 43.6 Å². The summed E-state index contributed by atoms with van der Waals surface area (Å²) >= 11 is 0. The van der Waals surface area contributed by atoms with Gasteiger partial charge in [-0.25, -0.2) is 0 Å². The summed E-state index contributed by atoms with van der Waals surface area (Å²) in [5.74, 6) is 1.45. The summed E-state index contributed by atoms with van der Waals surface area (Å²) < 4.78 is 20.6. The van der Waals surface area contributed by atoms with Gasteiger partial charge in [0.15, 0.2) is 11.5 Å². The lowest BCUT2D eigenvalue weighted by molar-refractivity contribution is -0.0469. The molecule has 0 radical (unpaired) electrons. The Morgan fingerprint density at radius 3 is 2.81 bits per heavy atom. The average molecular weight is 288 g/mol. The van der Waals surface area contributed by atoms with Gasteiger partial charge in [0.05, 0.1) is 0 Å². The van der Waals surface area contributed by atoms with Gasteiger partial charge in [0.25, 0.3) is 0 Å². The molecule has 0 fully saturated rings. The van der Waals surface area contributed by atoms with Crippen molar-refractivity contribution in [3.8, 4) is 11.5 Å². The van der Waals surface area contributed by atoms with E-state index >= 15 is 0 Å². The van der Waals surface area contributed by atoms with E-state index in [0.717, 1.165) is 11.3 Å². The number of rotatable bonds is 6. The Labute approximate surface area is 126 Å². The van der Waals surface area contributed by atoms with Gasteiger partial charge in [-0.3, -0.25) is 0 Å². The number of aromatic nitrogens is 1. The molecule has 21 heavy (non-hydrogen) atoms. The Kier molecular flexibility index (Phi) is 3.54. The lowest BCUT2D eigenvalue weighted by Gasteiger charge is -2.30. The molecule has 0 aliphatic carbocycles. The lowest BCUT2D eigenvalue weighted by Crippen LogP contribution is -2.34. The zero-order valence-electron chi connectivity index (χ0n) is 13.2. The maximum atomic E-state index is 11.1. The summed E-state index contributed by atoms with van der Waals surface area (Å²) in [4.78, 5) is 0. The second-order valence-corrected chi connectivity index (χ2v) is 5.34. The second kappa shape index (κ2) is 5.82. The molecule has 112 valence electrons. The predicted molar refractivity (Wildman–Crippen MR) is 80.4 cm³/mol. The van der Waals surface area contributed by atoms with E-state index in [1.54, 1.807) is 4.57 Å². The Morgan fingerprint density at radius 2 is 2.05 bits per heavy atom. The van der Waals surface area contributed by atoms with Gasteiger partial charge < -0.3 is 19.1 Å². The minimum Gasteiger partial charge on any atom is -0.454 e. The van der Waals surface area contributed by atoms with Crippen molar-refractivity contribution in [1.29, 1.82) is 0 Å².